The fraction of sp³-hybridized carbons (Fsp3) is 0.647. The highest BCUT2D eigenvalue weighted by Crippen LogP contribution is 2.25. The summed E-state index contributed by atoms with van der Waals surface area (Å²) in [7, 11) is 2.13. The van der Waals surface area contributed by atoms with Crippen molar-refractivity contribution in [1.82, 2.24) is 10.2 Å². The minimum Gasteiger partial charge on any atom is -0.490 e. The van der Waals surface area contributed by atoms with E-state index < -0.39 is 0 Å². The molecule has 0 bridgehead atoms. The predicted octanol–water partition coefficient (Wildman–Crippen LogP) is 2.12. The quantitative estimate of drug-likeness (QED) is 0.871. The molecule has 4 heteroatoms. The van der Waals surface area contributed by atoms with E-state index in [1.54, 1.807) is 0 Å². The van der Waals surface area contributed by atoms with Gasteiger partial charge in [-0.1, -0.05) is 19.1 Å². The van der Waals surface area contributed by atoms with Gasteiger partial charge in [0, 0.05) is 19.6 Å². The maximum absolute atomic E-state index is 6.04. The maximum atomic E-state index is 6.04. The van der Waals surface area contributed by atoms with Gasteiger partial charge in [-0.25, -0.2) is 0 Å². The number of nitrogens with one attached hydrogen (secondary N) is 1. The van der Waals surface area contributed by atoms with Gasteiger partial charge in [-0.15, -0.1) is 0 Å². The van der Waals surface area contributed by atoms with Gasteiger partial charge in [-0.3, -0.25) is 0 Å². The van der Waals surface area contributed by atoms with Crippen LogP contribution in [0.1, 0.15) is 23.6 Å². The second-order valence-corrected chi connectivity index (χ2v) is 5.91. The number of hydrogen-bond donors (Lipinski definition) is 1. The number of nitrogens with zero attached hydrogens (tertiary/aromatic N) is 1. The van der Waals surface area contributed by atoms with Gasteiger partial charge in [-0.05, 0) is 44.1 Å². The van der Waals surface area contributed by atoms with E-state index in [0.29, 0.717) is 6.61 Å². The van der Waals surface area contributed by atoms with Crippen LogP contribution < -0.4 is 10.1 Å². The molecule has 1 fully saturated rings. The minimum atomic E-state index is 0.170. The third kappa shape index (κ3) is 4.70. The topological polar surface area (TPSA) is 33.7 Å². The lowest BCUT2D eigenvalue weighted by Gasteiger charge is -2.30. The number of likely N-dealkylation sites (N-methyl/N-ethyl adjacent to an activating group) is 1. The van der Waals surface area contributed by atoms with Crippen molar-refractivity contribution in [2.45, 2.75) is 33.4 Å². The minimum absolute atomic E-state index is 0.170. The van der Waals surface area contributed by atoms with Crippen molar-refractivity contribution >= 4 is 0 Å². The van der Waals surface area contributed by atoms with E-state index in [4.69, 9.17) is 9.47 Å². The Balaban J connectivity index is 1.96. The highest BCUT2D eigenvalue weighted by atomic mass is 16.5. The van der Waals surface area contributed by atoms with Crippen LogP contribution in [0.2, 0.25) is 0 Å². The first-order valence-corrected chi connectivity index (χ1v) is 7.84. The first-order valence-electron chi connectivity index (χ1n) is 7.84. The second kappa shape index (κ2) is 7.78. The maximum Gasteiger partial charge on any atom is 0.125 e. The van der Waals surface area contributed by atoms with Crippen molar-refractivity contribution in [2.75, 3.05) is 39.9 Å². The molecular weight excluding hydrogens is 264 g/mol. The smallest absolute Gasteiger partial charge is 0.125 e. The van der Waals surface area contributed by atoms with Gasteiger partial charge in [0.15, 0.2) is 0 Å². The lowest BCUT2D eigenvalue weighted by atomic mass is 10.1. The van der Waals surface area contributed by atoms with Crippen LogP contribution in [0, 0.1) is 13.8 Å². The summed E-state index contributed by atoms with van der Waals surface area (Å²) in [5.74, 6) is 1.01. The predicted molar refractivity (Wildman–Crippen MR) is 86.0 cm³/mol. The van der Waals surface area contributed by atoms with E-state index in [1.807, 2.05) is 0 Å². The van der Waals surface area contributed by atoms with Gasteiger partial charge in [0.1, 0.15) is 18.5 Å². The molecular formula is C17H28N2O2. The van der Waals surface area contributed by atoms with Crippen molar-refractivity contribution < 1.29 is 9.47 Å². The Morgan fingerprint density at radius 1 is 1.33 bits per heavy atom. The van der Waals surface area contributed by atoms with E-state index in [-0.39, 0.29) is 6.10 Å². The standard InChI is InChI=1S/C17H28N2O2/c1-5-18-10-15-8-13(2)17(14(3)9-15)21-12-16-11-19(4)6-7-20-16/h8-9,16,18H,5-7,10-12H2,1-4H3. The van der Waals surface area contributed by atoms with Crippen LogP contribution >= 0.6 is 0 Å². The molecule has 4 nitrogen and oxygen atoms in total. The first kappa shape index (κ1) is 16.3. The molecule has 1 aromatic rings. The molecule has 1 heterocycles. The zero-order valence-corrected chi connectivity index (χ0v) is 13.7. The number of aryl methyl sites for hydroxylation is 2. The van der Waals surface area contributed by atoms with E-state index in [2.05, 4.69) is 50.2 Å². The summed E-state index contributed by atoms with van der Waals surface area (Å²) in [6, 6.07) is 4.41. The second-order valence-electron chi connectivity index (χ2n) is 5.91. The van der Waals surface area contributed by atoms with Crippen LogP contribution in [0.3, 0.4) is 0 Å². The molecule has 1 aliphatic heterocycles. The van der Waals surface area contributed by atoms with Gasteiger partial charge in [0.25, 0.3) is 0 Å². The monoisotopic (exact) mass is 292 g/mol. The van der Waals surface area contributed by atoms with Gasteiger partial charge in [0.2, 0.25) is 0 Å². The molecule has 118 valence electrons. The molecule has 1 atom stereocenters. The first-order chi connectivity index (χ1) is 10.1. The van der Waals surface area contributed by atoms with Crippen molar-refractivity contribution in [3.63, 3.8) is 0 Å². The Bertz CT molecular complexity index is 439. The van der Waals surface area contributed by atoms with Gasteiger partial charge in [0.05, 0.1) is 6.61 Å². The van der Waals surface area contributed by atoms with Crippen LogP contribution in [0.25, 0.3) is 0 Å². The number of ether oxygens (including phenoxy) is 2. The molecule has 2 rings (SSSR count). The van der Waals surface area contributed by atoms with E-state index in [1.165, 1.54) is 16.7 Å². The Hall–Kier alpha value is -1.10. The molecule has 0 amide bonds. The Morgan fingerprint density at radius 3 is 2.67 bits per heavy atom. The molecule has 0 aromatic heterocycles. The number of hydrogen-bond acceptors (Lipinski definition) is 4. The largest absolute Gasteiger partial charge is 0.490 e. The van der Waals surface area contributed by atoms with Crippen molar-refractivity contribution in [3.8, 4) is 5.75 Å². The van der Waals surface area contributed by atoms with Gasteiger partial charge < -0.3 is 19.7 Å². The molecule has 0 saturated carbocycles. The Morgan fingerprint density at radius 2 is 2.05 bits per heavy atom. The van der Waals surface area contributed by atoms with Crippen molar-refractivity contribution in [3.05, 3.63) is 28.8 Å². The fourth-order valence-electron chi connectivity index (χ4n) is 2.78. The highest BCUT2D eigenvalue weighted by molar-refractivity contribution is 5.43. The molecule has 1 unspecified atom stereocenters. The molecule has 1 saturated heterocycles. The summed E-state index contributed by atoms with van der Waals surface area (Å²) in [6.07, 6.45) is 0.170. The summed E-state index contributed by atoms with van der Waals surface area (Å²) in [4.78, 5) is 2.29. The zero-order valence-electron chi connectivity index (χ0n) is 13.7. The van der Waals surface area contributed by atoms with Crippen LogP contribution in [-0.2, 0) is 11.3 Å². The third-order valence-corrected chi connectivity index (χ3v) is 3.85. The molecule has 21 heavy (non-hydrogen) atoms. The lowest BCUT2D eigenvalue weighted by Crippen LogP contribution is -2.42. The summed E-state index contributed by atoms with van der Waals surface area (Å²) >= 11 is 0. The molecule has 0 aliphatic carbocycles. The summed E-state index contributed by atoms with van der Waals surface area (Å²) in [5, 5.41) is 3.36. The fourth-order valence-corrected chi connectivity index (χ4v) is 2.78. The molecule has 1 aromatic carbocycles. The number of rotatable bonds is 6. The summed E-state index contributed by atoms with van der Waals surface area (Å²) < 4.78 is 11.8. The van der Waals surface area contributed by atoms with Crippen LogP contribution in [0.5, 0.6) is 5.75 Å². The van der Waals surface area contributed by atoms with Gasteiger partial charge in [-0.2, -0.15) is 0 Å². The van der Waals surface area contributed by atoms with E-state index in [9.17, 15) is 0 Å². The van der Waals surface area contributed by atoms with Crippen LogP contribution in [0.4, 0.5) is 0 Å². The van der Waals surface area contributed by atoms with E-state index >= 15 is 0 Å². The summed E-state index contributed by atoms with van der Waals surface area (Å²) in [6.45, 7) is 11.6. The van der Waals surface area contributed by atoms with Crippen molar-refractivity contribution in [2.24, 2.45) is 0 Å². The number of benzene rings is 1. The van der Waals surface area contributed by atoms with E-state index in [0.717, 1.165) is 38.5 Å². The normalized spacial score (nSPS) is 19.7. The average molecular weight is 292 g/mol. The molecule has 0 spiro atoms. The highest BCUT2D eigenvalue weighted by Gasteiger charge is 2.19. The van der Waals surface area contributed by atoms with Gasteiger partial charge >= 0.3 is 0 Å². The lowest BCUT2D eigenvalue weighted by molar-refractivity contribution is -0.0405. The Kier molecular flexibility index (Phi) is 6.03. The number of morpholine rings is 1. The average Bonchev–Trinajstić information content (AvgIpc) is 2.44. The molecule has 1 N–H and O–H groups in total. The zero-order chi connectivity index (χ0) is 15.2. The van der Waals surface area contributed by atoms with Crippen LogP contribution in [-0.4, -0.2) is 50.9 Å². The van der Waals surface area contributed by atoms with Crippen molar-refractivity contribution in [1.29, 1.82) is 0 Å². The molecule has 1 aliphatic rings. The Labute approximate surface area is 128 Å². The molecule has 0 radical (unpaired) electrons. The summed E-state index contributed by atoms with van der Waals surface area (Å²) in [5.41, 5.74) is 3.71. The van der Waals surface area contributed by atoms with Crippen LogP contribution in [0.15, 0.2) is 12.1 Å². The third-order valence-electron chi connectivity index (χ3n) is 3.85. The SMILES string of the molecule is CCNCc1cc(C)c(OCC2CN(C)CCO2)c(C)c1.